The van der Waals surface area contributed by atoms with Crippen molar-refractivity contribution in [1.29, 1.82) is 5.26 Å². The van der Waals surface area contributed by atoms with Crippen LogP contribution in [0.4, 0.5) is 9.93 Å². The van der Waals surface area contributed by atoms with E-state index in [2.05, 4.69) is 21.7 Å². The van der Waals surface area contributed by atoms with E-state index < -0.39 is 0 Å². The number of aromatic nitrogens is 2. The number of amides is 2. The first-order valence-electron chi connectivity index (χ1n) is 9.97. The molecule has 2 aromatic heterocycles. The van der Waals surface area contributed by atoms with E-state index in [4.69, 9.17) is 16.6 Å². The smallest absolute Gasteiger partial charge is 0.319 e. The first-order chi connectivity index (χ1) is 15.0. The number of hydrogen-bond acceptors (Lipinski definition) is 6. The molecule has 2 unspecified atom stereocenters. The molecule has 2 aliphatic rings. The Bertz CT molecular complexity index is 1200. The molecule has 2 aliphatic heterocycles. The number of likely N-dealkylation sites (tertiary alicyclic amines) is 1. The number of halogens is 1. The summed E-state index contributed by atoms with van der Waals surface area (Å²) in [5.74, 6) is 0. The van der Waals surface area contributed by atoms with Gasteiger partial charge in [-0.15, -0.1) is 0 Å². The quantitative estimate of drug-likeness (QED) is 0.581. The molecule has 9 heteroatoms. The molecule has 156 valence electrons. The maximum Gasteiger partial charge on any atom is 0.323 e. The van der Waals surface area contributed by atoms with Gasteiger partial charge in [0.25, 0.3) is 0 Å². The molecule has 7 nitrogen and oxygen atoms in total. The minimum atomic E-state index is -0.129. The number of nitrogens with one attached hydrogen (secondary N) is 2. The first-order valence-corrected chi connectivity index (χ1v) is 11.2. The highest BCUT2D eigenvalue weighted by atomic mass is 35.5. The number of pyridine rings is 1. The largest absolute Gasteiger partial charge is 0.323 e. The number of aryl methyl sites for hydroxylation is 1. The monoisotopic (exact) mass is 450 g/mol. The number of benzene rings is 1. The van der Waals surface area contributed by atoms with Crippen LogP contribution in [0, 0.1) is 18.3 Å². The van der Waals surface area contributed by atoms with Gasteiger partial charge in [0.15, 0.2) is 5.13 Å². The van der Waals surface area contributed by atoms with Crippen molar-refractivity contribution in [3.05, 3.63) is 52.8 Å². The van der Waals surface area contributed by atoms with E-state index in [9.17, 15) is 10.1 Å². The Kier molecular flexibility index (Phi) is 5.10. The topological polar surface area (TPSA) is 93.9 Å². The van der Waals surface area contributed by atoms with E-state index in [1.54, 1.807) is 18.2 Å². The standard InChI is InChI=1S/C22H19ClN6OS/c1-12-5-15(7-18(23)26-12)20-19(14-4-2-3-13(6-14)9-24)27-21(31-20)28-22(30)29-11-16-8-17(29)10-25-16/h2-7,16-17,25H,8,10-11H2,1H3,(H,27,28,30). The van der Waals surface area contributed by atoms with Gasteiger partial charge in [-0.3, -0.25) is 5.32 Å². The molecular weight excluding hydrogens is 432 g/mol. The molecule has 2 N–H and O–H groups in total. The Morgan fingerprint density at radius 3 is 2.90 bits per heavy atom. The van der Waals surface area contributed by atoms with Crippen molar-refractivity contribution in [2.24, 2.45) is 0 Å². The number of thiazole rings is 1. The summed E-state index contributed by atoms with van der Waals surface area (Å²) >= 11 is 7.60. The number of rotatable bonds is 3. The zero-order valence-corrected chi connectivity index (χ0v) is 18.3. The molecule has 31 heavy (non-hydrogen) atoms. The summed E-state index contributed by atoms with van der Waals surface area (Å²) in [5.41, 5.74) is 3.71. The molecule has 3 aromatic rings. The summed E-state index contributed by atoms with van der Waals surface area (Å²) in [4.78, 5) is 24.6. The molecule has 0 spiro atoms. The minimum absolute atomic E-state index is 0.129. The van der Waals surface area contributed by atoms with Gasteiger partial charge >= 0.3 is 6.03 Å². The molecule has 2 saturated heterocycles. The van der Waals surface area contributed by atoms with Gasteiger partial charge in [0.05, 0.1) is 22.2 Å². The molecule has 5 rings (SSSR count). The average Bonchev–Trinajstić information content (AvgIpc) is 3.49. The number of urea groups is 1. The van der Waals surface area contributed by atoms with Crippen molar-refractivity contribution in [3.63, 3.8) is 0 Å². The van der Waals surface area contributed by atoms with Gasteiger partial charge in [0.2, 0.25) is 0 Å². The number of nitrogens with zero attached hydrogens (tertiary/aromatic N) is 4. The lowest BCUT2D eigenvalue weighted by molar-refractivity contribution is 0.199. The molecule has 0 radical (unpaired) electrons. The van der Waals surface area contributed by atoms with Gasteiger partial charge < -0.3 is 10.2 Å². The van der Waals surface area contributed by atoms with Crippen LogP contribution in [0.1, 0.15) is 17.7 Å². The second kappa shape index (κ2) is 7.93. The summed E-state index contributed by atoms with van der Waals surface area (Å²) in [6.07, 6.45) is 0.998. The van der Waals surface area contributed by atoms with Gasteiger partial charge in [-0.2, -0.15) is 5.26 Å². The normalized spacial score (nSPS) is 19.5. The minimum Gasteiger partial charge on any atom is -0.319 e. The van der Waals surface area contributed by atoms with Gasteiger partial charge in [-0.25, -0.2) is 14.8 Å². The molecule has 0 aliphatic carbocycles. The van der Waals surface area contributed by atoms with Crippen LogP contribution in [0.5, 0.6) is 0 Å². The highest BCUT2D eigenvalue weighted by Crippen LogP contribution is 2.40. The average molecular weight is 451 g/mol. The fraction of sp³-hybridized carbons (Fsp3) is 0.273. The molecule has 2 bridgehead atoms. The summed E-state index contributed by atoms with van der Waals surface area (Å²) in [5, 5.41) is 16.6. The second-order valence-corrected chi connectivity index (χ2v) is 9.17. The van der Waals surface area contributed by atoms with E-state index in [0.29, 0.717) is 34.1 Å². The number of piperazine rings is 1. The molecular formula is C22H19ClN6OS. The predicted molar refractivity (Wildman–Crippen MR) is 121 cm³/mol. The van der Waals surface area contributed by atoms with Crippen LogP contribution in [-0.4, -0.2) is 46.1 Å². The van der Waals surface area contributed by atoms with E-state index in [1.807, 2.05) is 30.0 Å². The second-order valence-electron chi connectivity index (χ2n) is 7.79. The summed E-state index contributed by atoms with van der Waals surface area (Å²) in [6.45, 7) is 3.43. The molecule has 2 fully saturated rings. The number of carbonyl (C=O) groups excluding carboxylic acids is 1. The summed E-state index contributed by atoms with van der Waals surface area (Å²) < 4.78 is 0. The third-order valence-corrected chi connectivity index (χ3v) is 6.82. The number of carbonyl (C=O) groups is 1. The Morgan fingerprint density at radius 1 is 1.32 bits per heavy atom. The lowest BCUT2D eigenvalue weighted by Crippen LogP contribution is -2.48. The Balaban J connectivity index is 1.53. The van der Waals surface area contributed by atoms with Gasteiger partial charge in [-0.1, -0.05) is 35.1 Å². The molecule has 2 amide bonds. The first kappa shape index (κ1) is 19.9. The SMILES string of the molecule is Cc1cc(-c2sc(NC(=O)N3CC4CC3CN4)nc2-c2cccc(C#N)c2)cc(Cl)n1. The fourth-order valence-electron chi connectivity index (χ4n) is 4.23. The molecule has 2 atom stereocenters. The molecule has 1 aromatic carbocycles. The molecule has 0 saturated carbocycles. The van der Waals surface area contributed by atoms with Gasteiger partial charge in [0.1, 0.15) is 5.15 Å². The van der Waals surface area contributed by atoms with Crippen LogP contribution in [0.25, 0.3) is 21.7 Å². The third kappa shape index (κ3) is 3.88. The van der Waals surface area contributed by atoms with E-state index in [1.165, 1.54) is 11.3 Å². The van der Waals surface area contributed by atoms with Crippen LogP contribution < -0.4 is 10.6 Å². The lowest BCUT2D eigenvalue weighted by atomic mass is 10.1. The highest BCUT2D eigenvalue weighted by Gasteiger charge is 2.40. The maximum absolute atomic E-state index is 12.9. The van der Waals surface area contributed by atoms with Crippen molar-refractivity contribution < 1.29 is 4.79 Å². The Hall–Kier alpha value is -2.99. The van der Waals surface area contributed by atoms with Crippen molar-refractivity contribution >= 4 is 34.1 Å². The summed E-state index contributed by atoms with van der Waals surface area (Å²) in [7, 11) is 0. The Labute approximate surface area is 188 Å². The fourth-order valence-corrected chi connectivity index (χ4v) is 5.45. The van der Waals surface area contributed by atoms with Crippen LogP contribution in [0.2, 0.25) is 5.15 Å². The summed E-state index contributed by atoms with van der Waals surface area (Å²) in [6, 6.07) is 13.7. The maximum atomic E-state index is 12.9. The zero-order valence-electron chi connectivity index (χ0n) is 16.7. The van der Waals surface area contributed by atoms with Crippen molar-refractivity contribution in [3.8, 4) is 27.8 Å². The highest BCUT2D eigenvalue weighted by molar-refractivity contribution is 7.19. The van der Waals surface area contributed by atoms with E-state index >= 15 is 0 Å². The Morgan fingerprint density at radius 2 is 2.19 bits per heavy atom. The number of anilines is 1. The predicted octanol–water partition coefficient (Wildman–Crippen LogP) is 4.28. The van der Waals surface area contributed by atoms with E-state index in [0.717, 1.165) is 34.7 Å². The van der Waals surface area contributed by atoms with Crippen LogP contribution >= 0.6 is 22.9 Å². The van der Waals surface area contributed by atoms with Crippen molar-refractivity contribution in [2.45, 2.75) is 25.4 Å². The number of nitriles is 1. The van der Waals surface area contributed by atoms with Crippen LogP contribution in [0.15, 0.2) is 36.4 Å². The van der Waals surface area contributed by atoms with Crippen molar-refractivity contribution in [2.75, 3.05) is 18.4 Å². The van der Waals surface area contributed by atoms with Crippen molar-refractivity contribution in [1.82, 2.24) is 20.2 Å². The van der Waals surface area contributed by atoms with Crippen LogP contribution in [-0.2, 0) is 0 Å². The third-order valence-electron chi connectivity index (χ3n) is 5.61. The van der Waals surface area contributed by atoms with Gasteiger partial charge in [0, 0.05) is 36.4 Å². The lowest BCUT2D eigenvalue weighted by Gasteiger charge is -2.27. The number of hydrogen-bond donors (Lipinski definition) is 2. The van der Waals surface area contributed by atoms with Crippen LogP contribution in [0.3, 0.4) is 0 Å². The zero-order chi connectivity index (χ0) is 21.5. The van der Waals surface area contributed by atoms with E-state index in [-0.39, 0.29) is 12.1 Å². The molecule has 4 heterocycles. The van der Waals surface area contributed by atoms with Gasteiger partial charge in [-0.05, 0) is 43.2 Å². The number of fused-ring (bicyclic) bond motifs is 2.